The van der Waals surface area contributed by atoms with E-state index < -0.39 is 0 Å². The molecule has 2 rings (SSSR count). The van der Waals surface area contributed by atoms with Gasteiger partial charge in [-0.05, 0) is 37.6 Å². The summed E-state index contributed by atoms with van der Waals surface area (Å²) >= 11 is 0. The highest BCUT2D eigenvalue weighted by molar-refractivity contribution is 5.85. The van der Waals surface area contributed by atoms with E-state index in [1.165, 1.54) is 0 Å². The highest BCUT2D eigenvalue weighted by Gasteiger charge is 2.17. The van der Waals surface area contributed by atoms with Gasteiger partial charge in [0.15, 0.2) is 0 Å². The van der Waals surface area contributed by atoms with E-state index in [-0.39, 0.29) is 18.3 Å². The lowest BCUT2D eigenvalue weighted by Gasteiger charge is -2.10. The molecule has 19 heavy (non-hydrogen) atoms. The monoisotopic (exact) mass is 284 g/mol. The number of carbonyl (C=O) groups excluding carboxylic acids is 1. The van der Waals surface area contributed by atoms with E-state index in [1.807, 2.05) is 30.3 Å². The van der Waals surface area contributed by atoms with Gasteiger partial charge in [0.1, 0.15) is 12.4 Å². The molecule has 0 aromatic heterocycles. The second-order valence-electron chi connectivity index (χ2n) is 4.57. The van der Waals surface area contributed by atoms with Crippen molar-refractivity contribution < 1.29 is 9.53 Å². The molecule has 1 unspecified atom stereocenters. The Morgan fingerprint density at radius 1 is 1.37 bits per heavy atom. The van der Waals surface area contributed by atoms with Crippen LogP contribution in [0.5, 0.6) is 5.75 Å². The fourth-order valence-corrected chi connectivity index (χ4v) is 2.10. The molecular weight excluding hydrogens is 264 g/mol. The van der Waals surface area contributed by atoms with Crippen molar-refractivity contribution in [3.63, 3.8) is 0 Å². The summed E-state index contributed by atoms with van der Waals surface area (Å²) in [5.74, 6) is 1.46. The van der Waals surface area contributed by atoms with Crippen LogP contribution in [0.3, 0.4) is 0 Å². The van der Waals surface area contributed by atoms with E-state index in [9.17, 15) is 4.79 Å². The predicted octanol–water partition coefficient (Wildman–Crippen LogP) is 1.60. The minimum Gasteiger partial charge on any atom is -0.492 e. The molecule has 1 fully saturated rings. The van der Waals surface area contributed by atoms with Crippen molar-refractivity contribution in [2.45, 2.75) is 12.8 Å². The van der Waals surface area contributed by atoms with Crippen LogP contribution in [0.25, 0.3) is 0 Å². The Morgan fingerprint density at radius 2 is 2.16 bits per heavy atom. The van der Waals surface area contributed by atoms with Gasteiger partial charge in [0.25, 0.3) is 0 Å². The second-order valence-corrected chi connectivity index (χ2v) is 4.57. The van der Waals surface area contributed by atoms with Crippen LogP contribution in [-0.2, 0) is 4.79 Å². The number of para-hydroxylation sites is 1. The fourth-order valence-electron chi connectivity index (χ4n) is 2.10. The first-order valence-electron chi connectivity index (χ1n) is 6.50. The fraction of sp³-hybridized carbons (Fsp3) is 0.500. The molecule has 1 aromatic carbocycles. The van der Waals surface area contributed by atoms with Gasteiger partial charge in [0.05, 0.1) is 6.54 Å². The maximum absolute atomic E-state index is 11.6. The van der Waals surface area contributed by atoms with Crippen LogP contribution < -0.4 is 15.4 Å². The van der Waals surface area contributed by atoms with Crippen LogP contribution >= 0.6 is 12.4 Å². The number of halogens is 1. The first kappa shape index (κ1) is 15.8. The van der Waals surface area contributed by atoms with Crippen molar-refractivity contribution in [1.82, 2.24) is 10.6 Å². The quantitative estimate of drug-likeness (QED) is 0.780. The summed E-state index contributed by atoms with van der Waals surface area (Å²) in [4.78, 5) is 11.6. The summed E-state index contributed by atoms with van der Waals surface area (Å²) in [6.07, 6.45) is 1.73. The Hall–Kier alpha value is -1.26. The normalized spacial score (nSPS) is 17.6. The number of hydrogen-bond donors (Lipinski definition) is 2. The van der Waals surface area contributed by atoms with Crippen LogP contribution in [-0.4, -0.2) is 32.1 Å². The van der Waals surface area contributed by atoms with Gasteiger partial charge in [-0.3, -0.25) is 4.79 Å². The number of amides is 1. The van der Waals surface area contributed by atoms with Crippen molar-refractivity contribution in [3.8, 4) is 5.75 Å². The average molecular weight is 285 g/mol. The highest BCUT2D eigenvalue weighted by atomic mass is 35.5. The smallest absolute Gasteiger partial charge is 0.220 e. The summed E-state index contributed by atoms with van der Waals surface area (Å²) in [5.41, 5.74) is 0. The molecule has 1 saturated heterocycles. The largest absolute Gasteiger partial charge is 0.492 e. The van der Waals surface area contributed by atoms with Gasteiger partial charge in [-0.1, -0.05) is 18.2 Å². The van der Waals surface area contributed by atoms with Gasteiger partial charge in [0, 0.05) is 6.42 Å². The molecule has 0 radical (unpaired) electrons. The zero-order chi connectivity index (χ0) is 12.6. The Bertz CT molecular complexity index is 367. The summed E-state index contributed by atoms with van der Waals surface area (Å²) in [6, 6.07) is 9.63. The van der Waals surface area contributed by atoms with Gasteiger partial charge < -0.3 is 15.4 Å². The number of carbonyl (C=O) groups is 1. The number of rotatable bonds is 6. The minimum absolute atomic E-state index is 0. The van der Waals surface area contributed by atoms with E-state index in [1.54, 1.807) is 0 Å². The lowest BCUT2D eigenvalue weighted by molar-refractivity contribution is -0.122. The molecule has 1 aliphatic rings. The summed E-state index contributed by atoms with van der Waals surface area (Å²) < 4.78 is 5.50. The highest BCUT2D eigenvalue weighted by Crippen LogP contribution is 2.11. The van der Waals surface area contributed by atoms with E-state index in [2.05, 4.69) is 10.6 Å². The molecule has 2 N–H and O–H groups in total. The first-order chi connectivity index (χ1) is 8.84. The number of hydrogen-bond acceptors (Lipinski definition) is 3. The molecule has 4 nitrogen and oxygen atoms in total. The molecule has 1 atom stereocenters. The third kappa shape index (κ3) is 5.94. The molecule has 1 amide bonds. The SMILES string of the molecule is Cl.O=C(CC1CCNC1)NCCOc1ccccc1. The first-order valence-corrected chi connectivity index (χ1v) is 6.50. The second kappa shape index (κ2) is 8.77. The van der Waals surface area contributed by atoms with Crippen LogP contribution in [0.15, 0.2) is 30.3 Å². The molecule has 0 aliphatic carbocycles. The van der Waals surface area contributed by atoms with E-state index in [0.717, 1.165) is 25.3 Å². The van der Waals surface area contributed by atoms with Gasteiger partial charge in [0.2, 0.25) is 5.91 Å². The number of benzene rings is 1. The van der Waals surface area contributed by atoms with Gasteiger partial charge >= 0.3 is 0 Å². The average Bonchev–Trinajstić information content (AvgIpc) is 2.89. The van der Waals surface area contributed by atoms with Crippen molar-refractivity contribution in [1.29, 1.82) is 0 Å². The third-order valence-electron chi connectivity index (χ3n) is 3.07. The van der Waals surface area contributed by atoms with E-state index in [4.69, 9.17) is 4.74 Å². The van der Waals surface area contributed by atoms with Crippen molar-refractivity contribution in [2.24, 2.45) is 5.92 Å². The van der Waals surface area contributed by atoms with Crippen LogP contribution in [0.1, 0.15) is 12.8 Å². The van der Waals surface area contributed by atoms with Crippen molar-refractivity contribution in [2.75, 3.05) is 26.2 Å². The van der Waals surface area contributed by atoms with Crippen molar-refractivity contribution in [3.05, 3.63) is 30.3 Å². The Kier molecular flexibility index (Phi) is 7.30. The third-order valence-corrected chi connectivity index (χ3v) is 3.07. The molecule has 1 heterocycles. The zero-order valence-electron chi connectivity index (χ0n) is 10.9. The maximum Gasteiger partial charge on any atom is 0.220 e. The summed E-state index contributed by atoms with van der Waals surface area (Å²) in [5, 5.41) is 6.15. The number of ether oxygens (including phenoxy) is 1. The summed E-state index contributed by atoms with van der Waals surface area (Å²) in [6.45, 7) is 3.08. The molecule has 5 heteroatoms. The lowest BCUT2D eigenvalue weighted by atomic mass is 10.0. The molecule has 1 aliphatic heterocycles. The Morgan fingerprint density at radius 3 is 2.84 bits per heavy atom. The van der Waals surface area contributed by atoms with Crippen LogP contribution in [0, 0.1) is 5.92 Å². The molecular formula is C14H21ClN2O2. The standard InChI is InChI=1S/C14H20N2O2.ClH/c17-14(10-12-6-7-15-11-12)16-8-9-18-13-4-2-1-3-5-13;/h1-5,12,15H,6-11H2,(H,16,17);1H. The predicted molar refractivity (Wildman–Crippen MR) is 77.8 cm³/mol. The summed E-state index contributed by atoms with van der Waals surface area (Å²) in [7, 11) is 0. The van der Waals surface area contributed by atoms with Crippen LogP contribution in [0.4, 0.5) is 0 Å². The molecule has 0 saturated carbocycles. The topological polar surface area (TPSA) is 50.4 Å². The molecule has 0 bridgehead atoms. The van der Waals surface area contributed by atoms with Gasteiger partial charge in [-0.25, -0.2) is 0 Å². The minimum atomic E-state index is 0. The lowest BCUT2D eigenvalue weighted by Crippen LogP contribution is -2.30. The Labute approximate surface area is 120 Å². The molecule has 1 aromatic rings. The van der Waals surface area contributed by atoms with E-state index >= 15 is 0 Å². The molecule has 0 spiro atoms. The molecule has 106 valence electrons. The Balaban J connectivity index is 0.00000180. The zero-order valence-corrected chi connectivity index (χ0v) is 11.7. The van der Waals surface area contributed by atoms with E-state index in [0.29, 0.717) is 25.5 Å². The van der Waals surface area contributed by atoms with Crippen LogP contribution in [0.2, 0.25) is 0 Å². The maximum atomic E-state index is 11.6. The van der Waals surface area contributed by atoms with Crippen molar-refractivity contribution >= 4 is 18.3 Å². The number of nitrogens with one attached hydrogen (secondary N) is 2. The van der Waals surface area contributed by atoms with Gasteiger partial charge in [-0.2, -0.15) is 0 Å². The van der Waals surface area contributed by atoms with Gasteiger partial charge in [-0.15, -0.1) is 12.4 Å².